The standard InChI is InChI=1S/C58H50N6/c1-33-30-46(49-32-48(42-22-14-10-15-23-42)59-55(60-49)43-24-16-11-17-25-43)31-47(58-62-56(44-26-18-12-19-27-44)61-57(63-58)45-28-20-13-21-29-45)52(33)64-53-40(8)36(4)34(2)38(6)50(53)51-39(7)35(3)37(5)41(9)54(51)64/h10-32H,1-9H3. The summed E-state index contributed by atoms with van der Waals surface area (Å²) in [7, 11) is 0. The first kappa shape index (κ1) is 40.5. The molecule has 0 atom stereocenters. The van der Waals surface area contributed by atoms with Crippen LogP contribution in [-0.2, 0) is 0 Å². The molecular weight excluding hydrogens is 781 g/mol. The third kappa shape index (κ3) is 6.69. The molecule has 0 fully saturated rings. The average molecular weight is 831 g/mol. The van der Waals surface area contributed by atoms with E-state index in [0.29, 0.717) is 23.3 Å². The fourth-order valence-electron chi connectivity index (χ4n) is 9.48. The van der Waals surface area contributed by atoms with E-state index in [0.717, 1.165) is 56.0 Å². The molecule has 3 aromatic heterocycles. The number of nitrogens with zero attached hydrogens (tertiary/aromatic N) is 6. The lowest BCUT2D eigenvalue weighted by atomic mass is 9.90. The zero-order chi connectivity index (χ0) is 44.4. The molecule has 0 saturated carbocycles. The molecule has 0 aliphatic carbocycles. The molecule has 0 radical (unpaired) electrons. The summed E-state index contributed by atoms with van der Waals surface area (Å²) >= 11 is 0. The van der Waals surface area contributed by atoms with E-state index in [-0.39, 0.29) is 0 Å². The van der Waals surface area contributed by atoms with Gasteiger partial charge in [0.1, 0.15) is 0 Å². The van der Waals surface area contributed by atoms with Gasteiger partial charge >= 0.3 is 0 Å². The van der Waals surface area contributed by atoms with Crippen LogP contribution in [0, 0.1) is 62.3 Å². The molecule has 0 amide bonds. The Kier molecular flexibility index (Phi) is 10.1. The van der Waals surface area contributed by atoms with Gasteiger partial charge in [0.25, 0.3) is 0 Å². The largest absolute Gasteiger partial charge is 0.308 e. The maximum absolute atomic E-state index is 5.41. The van der Waals surface area contributed by atoms with Crippen LogP contribution >= 0.6 is 0 Å². The minimum Gasteiger partial charge on any atom is -0.308 e. The Hall–Kier alpha value is -7.57. The van der Waals surface area contributed by atoms with E-state index in [2.05, 4.69) is 146 Å². The summed E-state index contributed by atoms with van der Waals surface area (Å²) in [6.07, 6.45) is 0. The molecule has 0 saturated heterocycles. The molecule has 312 valence electrons. The monoisotopic (exact) mass is 830 g/mol. The number of rotatable bonds is 7. The SMILES string of the molecule is Cc1cc(-c2cc(-c3ccccc3)nc(-c3ccccc3)n2)cc(-c2nc(-c3ccccc3)nc(-c3ccccc3)n2)c1-n1c2c(C)c(C)c(C)c(C)c2c2c(C)c(C)c(C)c(C)c21. The van der Waals surface area contributed by atoms with Crippen molar-refractivity contribution >= 4 is 21.8 Å². The van der Waals surface area contributed by atoms with Crippen LogP contribution in [-0.4, -0.2) is 29.5 Å². The van der Waals surface area contributed by atoms with Gasteiger partial charge < -0.3 is 4.57 Å². The summed E-state index contributed by atoms with van der Waals surface area (Å²) in [6, 6.07) is 47.6. The molecular formula is C58H50N6. The van der Waals surface area contributed by atoms with Gasteiger partial charge in [0.05, 0.1) is 28.1 Å². The smallest absolute Gasteiger partial charge is 0.166 e. The predicted octanol–water partition coefficient (Wildman–Crippen LogP) is 14.5. The van der Waals surface area contributed by atoms with Crippen LogP contribution in [0.3, 0.4) is 0 Å². The summed E-state index contributed by atoms with van der Waals surface area (Å²) in [5.74, 6) is 2.46. The van der Waals surface area contributed by atoms with Crippen molar-refractivity contribution in [2.45, 2.75) is 62.3 Å². The molecule has 3 heterocycles. The third-order valence-corrected chi connectivity index (χ3v) is 13.6. The average Bonchev–Trinajstić information content (AvgIpc) is 3.70. The van der Waals surface area contributed by atoms with Crippen molar-refractivity contribution in [2.24, 2.45) is 0 Å². The lowest BCUT2D eigenvalue weighted by Crippen LogP contribution is -2.08. The van der Waals surface area contributed by atoms with Crippen LogP contribution in [0.1, 0.15) is 50.1 Å². The van der Waals surface area contributed by atoms with Gasteiger partial charge in [-0.3, -0.25) is 0 Å². The minimum atomic E-state index is 0.583. The lowest BCUT2D eigenvalue weighted by molar-refractivity contribution is 1.05. The highest BCUT2D eigenvalue weighted by Gasteiger charge is 2.28. The number of hydrogen-bond acceptors (Lipinski definition) is 5. The summed E-state index contributed by atoms with van der Waals surface area (Å²) in [6.45, 7) is 20.5. The Balaban J connectivity index is 1.37. The van der Waals surface area contributed by atoms with E-state index in [1.165, 1.54) is 66.3 Å². The second kappa shape index (κ2) is 16.0. The Morgan fingerprint density at radius 2 is 0.672 bits per heavy atom. The Morgan fingerprint density at radius 1 is 0.312 bits per heavy atom. The van der Waals surface area contributed by atoms with Crippen molar-refractivity contribution in [3.8, 4) is 73.8 Å². The normalized spacial score (nSPS) is 11.5. The van der Waals surface area contributed by atoms with Crippen LogP contribution in [0.4, 0.5) is 0 Å². The fourth-order valence-corrected chi connectivity index (χ4v) is 9.48. The number of aromatic nitrogens is 6. The van der Waals surface area contributed by atoms with Gasteiger partial charge in [-0.2, -0.15) is 0 Å². The Morgan fingerprint density at radius 3 is 1.11 bits per heavy atom. The predicted molar refractivity (Wildman–Crippen MR) is 265 cm³/mol. The van der Waals surface area contributed by atoms with Crippen molar-refractivity contribution in [1.29, 1.82) is 0 Å². The van der Waals surface area contributed by atoms with Gasteiger partial charge in [0.2, 0.25) is 0 Å². The van der Waals surface area contributed by atoms with E-state index < -0.39 is 0 Å². The summed E-state index contributed by atoms with van der Waals surface area (Å²) < 4.78 is 2.54. The van der Waals surface area contributed by atoms with Gasteiger partial charge in [-0.15, -0.1) is 0 Å². The zero-order valence-corrected chi connectivity index (χ0v) is 38.0. The third-order valence-electron chi connectivity index (χ3n) is 13.6. The summed E-state index contributed by atoms with van der Waals surface area (Å²) in [5, 5.41) is 2.60. The number of benzene rings is 7. The highest BCUT2D eigenvalue weighted by Crippen LogP contribution is 2.46. The maximum atomic E-state index is 5.41. The van der Waals surface area contributed by atoms with E-state index in [1.807, 2.05) is 60.7 Å². The first-order valence-corrected chi connectivity index (χ1v) is 22.0. The van der Waals surface area contributed by atoms with Crippen molar-refractivity contribution in [3.63, 3.8) is 0 Å². The Labute approximate surface area is 375 Å². The van der Waals surface area contributed by atoms with Gasteiger partial charge in [-0.05, 0) is 131 Å². The van der Waals surface area contributed by atoms with Crippen molar-refractivity contribution in [2.75, 3.05) is 0 Å². The molecule has 7 aromatic carbocycles. The van der Waals surface area contributed by atoms with Crippen molar-refractivity contribution < 1.29 is 0 Å². The highest BCUT2D eigenvalue weighted by atomic mass is 15.1. The number of fused-ring (bicyclic) bond motifs is 3. The van der Waals surface area contributed by atoms with Gasteiger partial charge in [0, 0.05) is 44.2 Å². The topological polar surface area (TPSA) is 69.4 Å². The van der Waals surface area contributed by atoms with E-state index in [4.69, 9.17) is 24.9 Å². The molecule has 0 aliphatic rings. The van der Waals surface area contributed by atoms with Gasteiger partial charge in [-0.25, -0.2) is 24.9 Å². The molecule has 6 heteroatoms. The fraction of sp³-hybridized carbons (Fsp3) is 0.155. The van der Waals surface area contributed by atoms with E-state index in [1.54, 1.807) is 0 Å². The van der Waals surface area contributed by atoms with E-state index in [9.17, 15) is 0 Å². The van der Waals surface area contributed by atoms with Crippen molar-refractivity contribution in [1.82, 2.24) is 29.5 Å². The summed E-state index contributed by atoms with van der Waals surface area (Å²) in [4.78, 5) is 26.4. The highest BCUT2D eigenvalue weighted by molar-refractivity contribution is 6.16. The van der Waals surface area contributed by atoms with Crippen LogP contribution in [0.15, 0.2) is 140 Å². The molecule has 0 spiro atoms. The van der Waals surface area contributed by atoms with Crippen LogP contribution in [0.25, 0.3) is 95.6 Å². The molecule has 0 N–H and O–H groups in total. The van der Waals surface area contributed by atoms with Crippen LogP contribution in [0.2, 0.25) is 0 Å². The first-order chi connectivity index (χ1) is 31.0. The quantitative estimate of drug-likeness (QED) is 0.160. The molecule has 0 unspecified atom stereocenters. The molecule has 10 aromatic rings. The van der Waals surface area contributed by atoms with Crippen molar-refractivity contribution in [3.05, 3.63) is 190 Å². The molecule has 0 aliphatic heterocycles. The van der Waals surface area contributed by atoms with E-state index >= 15 is 0 Å². The Bertz CT molecular complexity index is 3250. The number of aryl methyl sites for hydroxylation is 5. The minimum absolute atomic E-state index is 0.583. The second-order valence-electron chi connectivity index (χ2n) is 17.2. The molecule has 64 heavy (non-hydrogen) atoms. The molecule has 10 rings (SSSR count). The maximum Gasteiger partial charge on any atom is 0.166 e. The van der Waals surface area contributed by atoms with Gasteiger partial charge in [0.15, 0.2) is 23.3 Å². The van der Waals surface area contributed by atoms with Gasteiger partial charge in [-0.1, -0.05) is 121 Å². The second-order valence-corrected chi connectivity index (χ2v) is 17.2. The van der Waals surface area contributed by atoms with Crippen LogP contribution in [0.5, 0.6) is 0 Å². The molecule has 6 nitrogen and oxygen atoms in total. The molecule has 0 bridgehead atoms. The zero-order valence-electron chi connectivity index (χ0n) is 38.0. The number of hydrogen-bond donors (Lipinski definition) is 0. The lowest BCUT2D eigenvalue weighted by Gasteiger charge is -2.21. The summed E-state index contributed by atoms with van der Waals surface area (Å²) in [5.41, 5.74) is 22.2. The van der Waals surface area contributed by atoms with Crippen LogP contribution < -0.4 is 0 Å². The first-order valence-electron chi connectivity index (χ1n) is 22.0.